The van der Waals surface area contributed by atoms with Crippen molar-refractivity contribution in [2.45, 2.75) is 83.2 Å². The second kappa shape index (κ2) is 9.44. The van der Waals surface area contributed by atoms with Crippen LogP contribution < -0.4 is 0 Å². The van der Waals surface area contributed by atoms with Gasteiger partial charge in [0.05, 0.1) is 12.8 Å². The Labute approximate surface area is 167 Å². The van der Waals surface area contributed by atoms with E-state index in [4.69, 9.17) is 9.84 Å². The summed E-state index contributed by atoms with van der Waals surface area (Å²) in [5.41, 5.74) is 2.68. The summed E-state index contributed by atoms with van der Waals surface area (Å²) in [5.74, 6) is 0.635. The van der Waals surface area contributed by atoms with Gasteiger partial charge in [-0.1, -0.05) is 25.8 Å². The number of unbranched alkanes of at least 4 members (excludes halogenated alkanes) is 1. The van der Waals surface area contributed by atoms with Gasteiger partial charge in [-0.2, -0.15) is 0 Å². The second-order valence-corrected chi connectivity index (χ2v) is 8.41. The lowest BCUT2D eigenvalue weighted by Crippen LogP contribution is -2.27. The zero-order chi connectivity index (χ0) is 20.1. The number of ether oxygens (including phenoxy) is 1. The molecule has 0 spiro atoms. The minimum Gasteiger partial charge on any atom is -0.508 e. The number of rotatable bonds is 8. The molecule has 1 unspecified atom stereocenters. The number of esters is 1. The number of phenols is 1. The van der Waals surface area contributed by atoms with Crippen molar-refractivity contribution in [3.05, 3.63) is 29.3 Å². The van der Waals surface area contributed by atoms with Crippen LogP contribution in [0.5, 0.6) is 5.75 Å². The highest BCUT2D eigenvalue weighted by Gasteiger charge is 2.39. The molecule has 2 aliphatic carbocycles. The van der Waals surface area contributed by atoms with Crippen molar-refractivity contribution >= 4 is 11.9 Å². The third-order valence-corrected chi connectivity index (χ3v) is 6.53. The monoisotopic (exact) mass is 388 g/mol. The smallest absolute Gasteiger partial charge is 0.306 e. The number of hydrogen-bond acceptors (Lipinski definition) is 4. The Morgan fingerprint density at radius 2 is 2.00 bits per heavy atom. The van der Waals surface area contributed by atoms with E-state index in [2.05, 4.69) is 13.0 Å². The van der Waals surface area contributed by atoms with Crippen LogP contribution in [-0.2, 0) is 20.7 Å². The molecule has 0 aliphatic heterocycles. The van der Waals surface area contributed by atoms with Crippen LogP contribution >= 0.6 is 0 Å². The highest BCUT2D eigenvalue weighted by atomic mass is 16.5. The zero-order valence-electron chi connectivity index (χ0n) is 16.7. The largest absolute Gasteiger partial charge is 0.508 e. The summed E-state index contributed by atoms with van der Waals surface area (Å²) in [6.45, 7) is 2.22. The van der Waals surface area contributed by atoms with Crippen molar-refractivity contribution in [3.63, 3.8) is 0 Å². The van der Waals surface area contributed by atoms with Gasteiger partial charge in [0, 0.05) is 0 Å². The molecule has 4 atom stereocenters. The molecule has 1 fully saturated rings. The van der Waals surface area contributed by atoms with Crippen LogP contribution in [0.1, 0.15) is 81.8 Å². The molecule has 2 aliphatic rings. The highest BCUT2D eigenvalue weighted by molar-refractivity contribution is 5.76. The average Bonchev–Trinajstić information content (AvgIpc) is 3.12. The molecule has 0 saturated heterocycles. The van der Waals surface area contributed by atoms with E-state index < -0.39 is 5.97 Å². The molecule has 1 aromatic rings. The number of carboxylic acid groups (broad SMARTS) is 1. The molecule has 0 bridgehead atoms. The summed E-state index contributed by atoms with van der Waals surface area (Å²) in [5, 5.41) is 18.5. The number of aromatic hydroxyl groups is 1. The molecular weight excluding hydrogens is 356 g/mol. The number of carbonyl (C=O) groups is 2. The predicted octanol–water partition coefficient (Wildman–Crippen LogP) is 4.81. The topological polar surface area (TPSA) is 83.8 Å². The number of carboxylic acids is 1. The molecule has 28 heavy (non-hydrogen) atoms. The Kier molecular flexibility index (Phi) is 6.97. The normalized spacial score (nSPS) is 26.6. The number of phenolic OH excluding ortho intramolecular Hbond substituents is 1. The van der Waals surface area contributed by atoms with Crippen molar-refractivity contribution in [2.24, 2.45) is 11.8 Å². The van der Waals surface area contributed by atoms with Gasteiger partial charge in [0.15, 0.2) is 0 Å². The first-order valence-electron chi connectivity index (χ1n) is 10.7. The maximum atomic E-state index is 11.9. The van der Waals surface area contributed by atoms with E-state index in [0.717, 1.165) is 32.1 Å². The first kappa shape index (κ1) is 20.7. The van der Waals surface area contributed by atoms with Gasteiger partial charge in [0.2, 0.25) is 0 Å². The fourth-order valence-electron chi connectivity index (χ4n) is 5.21. The van der Waals surface area contributed by atoms with Crippen LogP contribution in [-0.4, -0.2) is 28.3 Å². The van der Waals surface area contributed by atoms with E-state index in [0.29, 0.717) is 23.5 Å². The van der Waals surface area contributed by atoms with Gasteiger partial charge in [-0.05, 0) is 79.5 Å². The summed E-state index contributed by atoms with van der Waals surface area (Å²) in [7, 11) is 0. The summed E-state index contributed by atoms with van der Waals surface area (Å²) in [6.07, 6.45) is 8.20. The molecule has 0 aromatic heterocycles. The third-order valence-electron chi connectivity index (χ3n) is 6.53. The van der Waals surface area contributed by atoms with Crippen molar-refractivity contribution in [2.75, 3.05) is 0 Å². The molecule has 2 N–H and O–H groups in total. The molecule has 5 nitrogen and oxygen atoms in total. The van der Waals surface area contributed by atoms with Crippen LogP contribution in [0.2, 0.25) is 0 Å². The summed E-state index contributed by atoms with van der Waals surface area (Å²) in [4.78, 5) is 22.5. The molecule has 0 amide bonds. The van der Waals surface area contributed by atoms with Gasteiger partial charge in [-0.25, -0.2) is 0 Å². The Morgan fingerprint density at radius 1 is 1.18 bits per heavy atom. The maximum Gasteiger partial charge on any atom is 0.306 e. The van der Waals surface area contributed by atoms with Gasteiger partial charge in [-0.15, -0.1) is 0 Å². The van der Waals surface area contributed by atoms with E-state index >= 15 is 0 Å². The fraction of sp³-hybridized carbons (Fsp3) is 0.652. The quantitative estimate of drug-likeness (QED) is 0.625. The number of carbonyl (C=O) groups excluding carboxylic acids is 1. The van der Waals surface area contributed by atoms with Crippen molar-refractivity contribution < 1.29 is 24.5 Å². The van der Waals surface area contributed by atoms with Gasteiger partial charge >= 0.3 is 11.9 Å². The zero-order valence-corrected chi connectivity index (χ0v) is 16.7. The molecular formula is C23H32O5. The van der Waals surface area contributed by atoms with Crippen LogP contribution in [0, 0.1) is 11.8 Å². The van der Waals surface area contributed by atoms with Gasteiger partial charge < -0.3 is 14.9 Å². The first-order chi connectivity index (χ1) is 13.5. The van der Waals surface area contributed by atoms with Gasteiger partial charge in [-0.3, -0.25) is 9.59 Å². The van der Waals surface area contributed by atoms with E-state index in [-0.39, 0.29) is 24.9 Å². The molecule has 0 radical (unpaired) electrons. The standard InChI is InChI=1S/C23H32O5/c1-2-3-4-21-19(9-6-15-13-17(24)7-10-20(15)21)16-5-8-18(14-16)28-23(27)12-11-22(25)26/h7,10,13,16,18-19,21,24H,2-6,8-9,11-12,14H2,1H3,(H,25,26)/t16-,18+,19?,21+/m1/s1. The number of benzene rings is 1. The highest BCUT2D eigenvalue weighted by Crippen LogP contribution is 2.48. The maximum absolute atomic E-state index is 11.9. The Balaban J connectivity index is 1.64. The van der Waals surface area contributed by atoms with Crippen molar-refractivity contribution in [1.82, 2.24) is 0 Å². The summed E-state index contributed by atoms with van der Waals surface area (Å²) < 4.78 is 5.55. The molecule has 1 aromatic carbocycles. The van der Waals surface area contributed by atoms with Crippen molar-refractivity contribution in [3.8, 4) is 5.75 Å². The van der Waals surface area contributed by atoms with Crippen LogP contribution in [0.25, 0.3) is 0 Å². The van der Waals surface area contributed by atoms with E-state index in [1.807, 2.05) is 12.1 Å². The average molecular weight is 389 g/mol. The van der Waals surface area contributed by atoms with E-state index in [9.17, 15) is 14.7 Å². The number of hydrogen-bond donors (Lipinski definition) is 2. The molecule has 5 heteroatoms. The minimum atomic E-state index is -0.966. The Bertz CT molecular complexity index is 698. The van der Waals surface area contributed by atoms with E-state index in [1.54, 1.807) is 0 Å². The summed E-state index contributed by atoms with van der Waals surface area (Å²) >= 11 is 0. The SMILES string of the molecule is CCCC[C@@H]1c2ccc(O)cc2CCC1[C@@H]1CC[C@H](OC(=O)CCC(=O)O)C1. The second-order valence-electron chi connectivity index (χ2n) is 8.41. The predicted molar refractivity (Wildman–Crippen MR) is 106 cm³/mol. The molecule has 154 valence electrons. The molecule has 0 heterocycles. The van der Waals surface area contributed by atoms with Gasteiger partial charge in [0.25, 0.3) is 0 Å². The number of aliphatic carboxylic acids is 1. The molecule has 3 rings (SSSR count). The van der Waals surface area contributed by atoms with Crippen LogP contribution in [0.4, 0.5) is 0 Å². The number of fused-ring (bicyclic) bond motifs is 1. The lowest BCUT2D eigenvalue weighted by atomic mass is 9.67. The van der Waals surface area contributed by atoms with Crippen LogP contribution in [0.3, 0.4) is 0 Å². The Morgan fingerprint density at radius 3 is 2.75 bits per heavy atom. The lowest BCUT2D eigenvalue weighted by molar-refractivity contribution is -0.151. The van der Waals surface area contributed by atoms with Crippen molar-refractivity contribution in [1.29, 1.82) is 0 Å². The minimum absolute atomic E-state index is 0.0457. The third kappa shape index (κ3) is 5.06. The number of aryl methyl sites for hydroxylation is 1. The first-order valence-corrected chi connectivity index (χ1v) is 10.7. The molecule has 1 saturated carbocycles. The fourth-order valence-corrected chi connectivity index (χ4v) is 5.21. The Hall–Kier alpha value is -2.04. The van der Waals surface area contributed by atoms with Gasteiger partial charge in [0.1, 0.15) is 11.9 Å². The summed E-state index contributed by atoms with van der Waals surface area (Å²) in [6, 6.07) is 5.84. The van der Waals surface area contributed by atoms with Crippen LogP contribution in [0.15, 0.2) is 18.2 Å². The lowest BCUT2D eigenvalue weighted by Gasteiger charge is -2.37. The van der Waals surface area contributed by atoms with E-state index in [1.165, 1.54) is 30.4 Å².